The fourth-order valence-electron chi connectivity index (χ4n) is 3.42. The largest absolute Gasteiger partial charge is 0.337 e. The molecule has 0 aliphatic rings. The average molecular weight is 407 g/mol. The SMILES string of the molecule is Cc1ccccc1-c1nn(-c2ccc(F)cc2F)cc1CNCCCn1ccnc1. The molecule has 5 nitrogen and oxygen atoms in total. The maximum Gasteiger partial charge on any atom is 0.151 e. The van der Waals surface area contributed by atoms with Crippen LogP contribution in [0, 0.1) is 18.6 Å². The lowest BCUT2D eigenvalue weighted by atomic mass is 10.0. The Hall–Kier alpha value is -3.32. The van der Waals surface area contributed by atoms with E-state index < -0.39 is 11.6 Å². The standard InChI is InChI=1S/C23H23F2N5/c1-17-5-2-3-6-20(17)23-18(14-26-9-4-11-29-12-10-27-16-29)15-30(28-23)22-8-7-19(24)13-21(22)25/h2-3,5-8,10,12-13,15-16,26H,4,9,11,14H2,1H3. The molecule has 30 heavy (non-hydrogen) atoms. The molecular weight excluding hydrogens is 384 g/mol. The summed E-state index contributed by atoms with van der Waals surface area (Å²) in [7, 11) is 0. The zero-order chi connectivity index (χ0) is 20.9. The molecular formula is C23H23F2N5. The lowest BCUT2D eigenvalue weighted by molar-refractivity contribution is 0.573. The van der Waals surface area contributed by atoms with Crippen LogP contribution in [0.15, 0.2) is 67.4 Å². The van der Waals surface area contributed by atoms with Crippen LogP contribution < -0.4 is 5.32 Å². The van der Waals surface area contributed by atoms with Crippen molar-refractivity contribution in [2.75, 3.05) is 6.54 Å². The van der Waals surface area contributed by atoms with Gasteiger partial charge in [-0.3, -0.25) is 0 Å². The predicted octanol–water partition coefficient (Wildman–Crippen LogP) is 4.50. The van der Waals surface area contributed by atoms with Crippen LogP contribution in [0.2, 0.25) is 0 Å². The fraction of sp³-hybridized carbons (Fsp3) is 0.217. The predicted molar refractivity (Wildman–Crippen MR) is 112 cm³/mol. The number of halogens is 2. The van der Waals surface area contributed by atoms with Gasteiger partial charge >= 0.3 is 0 Å². The molecule has 1 N–H and O–H groups in total. The van der Waals surface area contributed by atoms with E-state index in [9.17, 15) is 8.78 Å². The number of benzene rings is 2. The summed E-state index contributed by atoms with van der Waals surface area (Å²) >= 11 is 0. The highest BCUT2D eigenvalue weighted by molar-refractivity contribution is 5.66. The number of imidazole rings is 1. The van der Waals surface area contributed by atoms with Crippen molar-refractivity contribution in [3.63, 3.8) is 0 Å². The van der Waals surface area contributed by atoms with Gasteiger partial charge in [0.1, 0.15) is 11.5 Å². The first-order valence-electron chi connectivity index (χ1n) is 9.88. The number of hydrogen-bond acceptors (Lipinski definition) is 3. The van der Waals surface area contributed by atoms with Crippen molar-refractivity contribution in [1.82, 2.24) is 24.6 Å². The van der Waals surface area contributed by atoms with E-state index >= 15 is 0 Å². The highest BCUT2D eigenvalue weighted by Crippen LogP contribution is 2.27. The number of nitrogens with zero attached hydrogens (tertiary/aromatic N) is 4. The normalized spacial score (nSPS) is 11.2. The summed E-state index contributed by atoms with van der Waals surface area (Å²) < 4.78 is 31.2. The van der Waals surface area contributed by atoms with Gasteiger partial charge in [0.15, 0.2) is 5.82 Å². The Labute approximate surface area is 174 Å². The van der Waals surface area contributed by atoms with Crippen LogP contribution >= 0.6 is 0 Å². The lowest BCUT2D eigenvalue weighted by Gasteiger charge is -2.07. The minimum absolute atomic E-state index is 0.220. The maximum atomic E-state index is 14.3. The molecule has 0 bridgehead atoms. The van der Waals surface area contributed by atoms with Crippen molar-refractivity contribution >= 4 is 0 Å². The molecule has 0 fully saturated rings. The minimum atomic E-state index is -0.645. The molecule has 4 aromatic rings. The lowest BCUT2D eigenvalue weighted by Crippen LogP contribution is -2.16. The van der Waals surface area contributed by atoms with Crippen molar-refractivity contribution in [2.45, 2.75) is 26.4 Å². The molecule has 0 amide bonds. The van der Waals surface area contributed by atoms with Gasteiger partial charge in [0, 0.05) is 48.9 Å². The third-order valence-corrected chi connectivity index (χ3v) is 4.99. The first-order valence-corrected chi connectivity index (χ1v) is 9.88. The molecule has 0 saturated heterocycles. The highest BCUT2D eigenvalue weighted by Gasteiger charge is 2.15. The van der Waals surface area contributed by atoms with Crippen LogP contribution in [0.5, 0.6) is 0 Å². The van der Waals surface area contributed by atoms with Gasteiger partial charge in [0.2, 0.25) is 0 Å². The number of aryl methyl sites for hydroxylation is 2. The highest BCUT2D eigenvalue weighted by atomic mass is 19.1. The fourth-order valence-corrected chi connectivity index (χ4v) is 3.42. The Kier molecular flexibility index (Phi) is 5.99. The van der Waals surface area contributed by atoms with Gasteiger partial charge in [0.05, 0.1) is 12.0 Å². The summed E-state index contributed by atoms with van der Waals surface area (Å²) in [5, 5.41) is 8.08. The number of nitrogens with one attached hydrogen (secondary N) is 1. The van der Waals surface area contributed by atoms with Crippen molar-refractivity contribution in [2.24, 2.45) is 0 Å². The Morgan fingerprint density at radius 2 is 1.97 bits per heavy atom. The maximum absolute atomic E-state index is 14.3. The molecule has 0 spiro atoms. The van der Waals surface area contributed by atoms with E-state index in [4.69, 9.17) is 0 Å². The second kappa shape index (κ2) is 9.00. The summed E-state index contributed by atoms with van der Waals surface area (Å²) in [5.74, 6) is -1.25. The molecule has 0 aliphatic heterocycles. The molecule has 0 aliphatic carbocycles. The third-order valence-electron chi connectivity index (χ3n) is 4.99. The van der Waals surface area contributed by atoms with Crippen LogP contribution in [0.3, 0.4) is 0 Å². The van der Waals surface area contributed by atoms with E-state index in [1.165, 1.54) is 16.8 Å². The van der Waals surface area contributed by atoms with Gasteiger partial charge < -0.3 is 9.88 Å². The van der Waals surface area contributed by atoms with Crippen LogP contribution in [-0.2, 0) is 13.1 Å². The molecule has 0 saturated carbocycles. The summed E-state index contributed by atoms with van der Waals surface area (Å²) in [5.41, 5.74) is 4.05. The summed E-state index contributed by atoms with van der Waals surface area (Å²) in [4.78, 5) is 4.04. The Morgan fingerprint density at radius 3 is 2.73 bits per heavy atom. The van der Waals surface area contributed by atoms with E-state index in [0.29, 0.717) is 6.54 Å². The number of aromatic nitrogens is 4. The Balaban J connectivity index is 1.56. The van der Waals surface area contributed by atoms with E-state index in [1.807, 2.05) is 42.0 Å². The Bertz CT molecular complexity index is 1120. The molecule has 154 valence electrons. The smallest absolute Gasteiger partial charge is 0.151 e. The first kappa shape index (κ1) is 20.0. The van der Waals surface area contributed by atoms with Crippen LogP contribution in [-0.4, -0.2) is 25.9 Å². The molecule has 4 rings (SSSR count). The molecule has 2 aromatic heterocycles. The van der Waals surface area contributed by atoms with E-state index in [-0.39, 0.29) is 5.69 Å². The quantitative estimate of drug-likeness (QED) is 0.438. The van der Waals surface area contributed by atoms with Gasteiger partial charge in [0.25, 0.3) is 0 Å². The van der Waals surface area contributed by atoms with Crippen molar-refractivity contribution in [3.05, 3.63) is 90.1 Å². The van der Waals surface area contributed by atoms with Crippen molar-refractivity contribution in [1.29, 1.82) is 0 Å². The minimum Gasteiger partial charge on any atom is -0.337 e. The molecule has 2 aromatic carbocycles. The van der Waals surface area contributed by atoms with Crippen LogP contribution in [0.1, 0.15) is 17.5 Å². The zero-order valence-corrected chi connectivity index (χ0v) is 16.7. The Morgan fingerprint density at radius 1 is 1.10 bits per heavy atom. The molecule has 2 heterocycles. The second-order valence-electron chi connectivity index (χ2n) is 7.19. The topological polar surface area (TPSA) is 47.7 Å². The number of hydrogen-bond donors (Lipinski definition) is 1. The van der Waals surface area contributed by atoms with E-state index in [1.54, 1.807) is 18.7 Å². The zero-order valence-electron chi connectivity index (χ0n) is 16.7. The summed E-state index contributed by atoms with van der Waals surface area (Å²) in [6.07, 6.45) is 8.28. The van der Waals surface area contributed by atoms with Crippen molar-refractivity contribution in [3.8, 4) is 16.9 Å². The summed E-state index contributed by atoms with van der Waals surface area (Å²) in [6.45, 7) is 4.32. The van der Waals surface area contributed by atoms with E-state index in [0.717, 1.165) is 48.0 Å². The van der Waals surface area contributed by atoms with E-state index in [2.05, 4.69) is 15.4 Å². The molecule has 0 unspecified atom stereocenters. The van der Waals surface area contributed by atoms with Gasteiger partial charge in [-0.05, 0) is 37.6 Å². The summed E-state index contributed by atoms with van der Waals surface area (Å²) in [6, 6.07) is 11.5. The second-order valence-corrected chi connectivity index (χ2v) is 7.19. The average Bonchev–Trinajstić information content (AvgIpc) is 3.38. The van der Waals surface area contributed by atoms with Gasteiger partial charge in [-0.1, -0.05) is 24.3 Å². The number of rotatable bonds is 8. The third kappa shape index (κ3) is 4.46. The molecule has 0 atom stereocenters. The molecule has 0 radical (unpaired) electrons. The molecule has 7 heteroatoms. The van der Waals surface area contributed by atoms with Gasteiger partial charge in [-0.25, -0.2) is 18.4 Å². The van der Waals surface area contributed by atoms with Crippen LogP contribution in [0.25, 0.3) is 16.9 Å². The monoisotopic (exact) mass is 407 g/mol. The first-order chi connectivity index (χ1) is 14.6. The van der Waals surface area contributed by atoms with Crippen LogP contribution in [0.4, 0.5) is 8.78 Å². The van der Waals surface area contributed by atoms with Gasteiger partial charge in [-0.2, -0.15) is 5.10 Å². The van der Waals surface area contributed by atoms with Gasteiger partial charge in [-0.15, -0.1) is 0 Å². The van der Waals surface area contributed by atoms with Crippen molar-refractivity contribution < 1.29 is 8.78 Å².